The van der Waals surface area contributed by atoms with E-state index in [-0.39, 0.29) is 11.1 Å². The molecule has 116 valence electrons. The highest BCUT2D eigenvalue weighted by molar-refractivity contribution is 5.78. The Labute approximate surface area is 122 Å². The Morgan fingerprint density at radius 1 is 0.682 bits per heavy atom. The molecular weight excluding hydrogens is 306 g/mol. The first-order chi connectivity index (χ1) is 10.1. The summed E-state index contributed by atoms with van der Waals surface area (Å²) in [6.07, 6.45) is -8.95. The first-order valence-electron chi connectivity index (χ1n) is 6.13. The van der Waals surface area contributed by atoms with Crippen LogP contribution in [-0.2, 0) is 12.4 Å². The second-order valence-corrected chi connectivity index (χ2v) is 4.63. The molecule has 0 atom stereocenters. The summed E-state index contributed by atoms with van der Waals surface area (Å²) >= 11 is 0. The molecule has 0 heterocycles. The zero-order valence-corrected chi connectivity index (χ0v) is 11.1. The maximum atomic E-state index is 12.7. The van der Waals surface area contributed by atoms with Gasteiger partial charge in [-0.3, -0.25) is 0 Å². The van der Waals surface area contributed by atoms with Gasteiger partial charge in [0.05, 0.1) is 11.1 Å². The molecule has 0 saturated carbocycles. The Morgan fingerprint density at radius 3 is 1.73 bits per heavy atom. The molecule has 0 aliphatic heterocycles. The van der Waals surface area contributed by atoms with Crippen molar-refractivity contribution >= 4 is 5.57 Å². The van der Waals surface area contributed by atoms with Gasteiger partial charge in [-0.05, 0) is 41.0 Å². The average molecular weight is 316 g/mol. The number of alkyl halides is 6. The molecule has 0 unspecified atom stereocenters. The summed E-state index contributed by atoms with van der Waals surface area (Å²) in [5.41, 5.74) is -0.909. The van der Waals surface area contributed by atoms with Crippen molar-refractivity contribution in [1.82, 2.24) is 0 Å². The Hall–Kier alpha value is -2.24. The lowest BCUT2D eigenvalue weighted by Crippen LogP contribution is -2.05. The van der Waals surface area contributed by atoms with Crippen molar-refractivity contribution in [3.8, 4) is 0 Å². The first-order valence-corrected chi connectivity index (χ1v) is 6.13. The Balaban J connectivity index is 2.33. The highest BCUT2D eigenvalue weighted by atomic mass is 19.4. The van der Waals surface area contributed by atoms with Gasteiger partial charge in [0.15, 0.2) is 0 Å². The molecule has 2 aromatic rings. The van der Waals surface area contributed by atoms with Crippen molar-refractivity contribution in [1.29, 1.82) is 0 Å². The average Bonchev–Trinajstić information content (AvgIpc) is 2.45. The molecule has 0 bridgehead atoms. The van der Waals surface area contributed by atoms with E-state index < -0.39 is 23.5 Å². The maximum absolute atomic E-state index is 12.7. The van der Waals surface area contributed by atoms with Crippen LogP contribution in [0.1, 0.15) is 22.3 Å². The zero-order valence-electron chi connectivity index (χ0n) is 11.1. The SMILES string of the molecule is C=C(c1ccc(C(F)(F)F)cc1)c1cccc(C(F)(F)F)c1. The number of hydrogen-bond donors (Lipinski definition) is 0. The van der Waals surface area contributed by atoms with Crippen LogP contribution in [0.2, 0.25) is 0 Å². The molecule has 0 fully saturated rings. The fourth-order valence-corrected chi connectivity index (χ4v) is 1.91. The van der Waals surface area contributed by atoms with Gasteiger partial charge in [-0.1, -0.05) is 30.8 Å². The van der Waals surface area contributed by atoms with Crippen molar-refractivity contribution in [2.45, 2.75) is 12.4 Å². The minimum atomic E-state index is -4.49. The van der Waals surface area contributed by atoms with Crippen LogP contribution in [0, 0.1) is 0 Å². The van der Waals surface area contributed by atoms with E-state index in [2.05, 4.69) is 6.58 Å². The molecule has 0 saturated heterocycles. The third-order valence-electron chi connectivity index (χ3n) is 3.10. The van der Waals surface area contributed by atoms with E-state index in [4.69, 9.17) is 0 Å². The van der Waals surface area contributed by atoms with Gasteiger partial charge in [-0.15, -0.1) is 0 Å². The van der Waals surface area contributed by atoms with Gasteiger partial charge in [0, 0.05) is 0 Å². The van der Waals surface area contributed by atoms with E-state index in [0.717, 1.165) is 24.3 Å². The summed E-state index contributed by atoms with van der Waals surface area (Å²) in [5.74, 6) is 0. The van der Waals surface area contributed by atoms with Crippen LogP contribution in [0.3, 0.4) is 0 Å². The molecule has 0 radical (unpaired) electrons. The summed E-state index contributed by atoms with van der Waals surface area (Å²) in [4.78, 5) is 0. The number of rotatable bonds is 2. The predicted molar refractivity (Wildman–Crippen MR) is 71.0 cm³/mol. The quantitative estimate of drug-likeness (QED) is 0.616. The van der Waals surface area contributed by atoms with Gasteiger partial charge in [-0.2, -0.15) is 26.3 Å². The number of hydrogen-bond acceptors (Lipinski definition) is 0. The van der Waals surface area contributed by atoms with Gasteiger partial charge in [0.25, 0.3) is 0 Å². The summed E-state index contributed by atoms with van der Waals surface area (Å²) in [6.45, 7) is 3.66. The molecule has 0 aliphatic rings. The van der Waals surface area contributed by atoms with Gasteiger partial charge in [0.2, 0.25) is 0 Å². The molecule has 6 heteroatoms. The van der Waals surface area contributed by atoms with Crippen molar-refractivity contribution in [2.24, 2.45) is 0 Å². The van der Waals surface area contributed by atoms with Crippen LogP contribution in [0.15, 0.2) is 55.1 Å². The van der Waals surface area contributed by atoms with E-state index in [0.29, 0.717) is 5.56 Å². The summed E-state index contributed by atoms with van der Waals surface area (Å²) in [5, 5.41) is 0. The second kappa shape index (κ2) is 5.51. The van der Waals surface area contributed by atoms with E-state index in [1.165, 1.54) is 24.3 Å². The van der Waals surface area contributed by atoms with E-state index in [1.54, 1.807) is 0 Å². The molecule has 0 N–H and O–H groups in total. The van der Waals surface area contributed by atoms with Crippen molar-refractivity contribution in [3.63, 3.8) is 0 Å². The third-order valence-corrected chi connectivity index (χ3v) is 3.10. The third kappa shape index (κ3) is 3.50. The van der Waals surface area contributed by atoms with Gasteiger partial charge in [-0.25, -0.2) is 0 Å². The van der Waals surface area contributed by atoms with Crippen molar-refractivity contribution in [3.05, 3.63) is 77.4 Å². The van der Waals surface area contributed by atoms with Crippen LogP contribution in [0.5, 0.6) is 0 Å². The Kier molecular flexibility index (Phi) is 4.04. The van der Waals surface area contributed by atoms with Gasteiger partial charge in [0.1, 0.15) is 0 Å². The first kappa shape index (κ1) is 16.1. The standard InChI is InChI=1S/C16H10F6/c1-10(11-5-7-13(8-6-11)15(17,18)19)12-3-2-4-14(9-12)16(20,21)22/h2-9H,1H2. The fraction of sp³-hybridized carbons (Fsp3) is 0.125. The maximum Gasteiger partial charge on any atom is 0.416 e. The summed E-state index contributed by atoms with van der Waals surface area (Å²) in [7, 11) is 0. The molecular formula is C16H10F6. The Morgan fingerprint density at radius 2 is 1.23 bits per heavy atom. The number of halogens is 6. The van der Waals surface area contributed by atoms with Crippen LogP contribution >= 0.6 is 0 Å². The van der Waals surface area contributed by atoms with Crippen molar-refractivity contribution < 1.29 is 26.3 Å². The van der Waals surface area contributed by atoms with Crippen molar-refractivity contribution in [2.75, 3.05) is 0 Å². The topological polar surface area (TPSA) is 0 Å². The Bertz CT molecular complexity index is 677. The normalized spacial score (nSPS) is 12.3. The lowest BCUT2D eigenvalue weighted by atomic mass is 9.97. The highest BCUT2D eigenvalue weighted by Crippen LogP contribution is 2.33. The van der Waals surface area contributed by atoms with Crippen LogP contribution in [0.25, 0.3) is 5.57 Å². The minimum Gasteiger partial charge on any atom is -0.166 e. The molecule has 0 aliphatic carbocycles. The molecule has 0 amide bonds. The largest absolute Gasteiger partial charge is 0.416 e. The summed E-state index contributed by atoms with van der Waals surface area (Å²) in [6, 6.07) is 8.60. The van der Waals surface area contributed by atoms with E-state index >= 15 is 0 Å². The van der Waals surface area contributed by atoms with Crippen LogP contribution in [-0.4, -0.2) is 0 Å². The smallest absolute Gasteiger partial charge is 0.166 e. The van der Waals surface area contributed by atoms with Gasteiger partial charge >= 0.3 is 12.4 Å². The second-order valence-electron chi connectivity index (χ2n) is 4.63. The van der Waals surface area contributed by atoms with Gasteiger partial charge < -0.3 is 0 Å². The lowest BCUT2D eigenvalue weighted by molar-refractivity contribution is -0.138. The van der Waals surface area contributed by atoms with Crippen LogP contribution < -0.4 is 0 Å². The lowest BCUT2D eigenvalue weighted by Gasteiger charge is -2.12. The zero-order chi connectivity index (χ0) is 16.5. The fourth-order valence-electron chi connectivity index (χ4n) is 1.91. The highest BCUT2D eigenvalue weighted by Gasteiger charge is 2.31. The number of benzene rings is 2. The summed E-state index contributed by atoms with van der Waals surface area (Å²) < 4.78 is 75.4. The molecule has 0 aromatic heterocycles. The minimum absolute atomic E-state index is 0.203. The monoisotopic (exact) mass is 316 g/mol. The molecule has 2 rings (SSSR count). The predicted octanol–water partition coefficient (Wildman–Crippen LogP) is 5.79. The molecule has 0 spiro atoms. The van der Waals surface area contributed by atoms with E-state index in [1.807, 2.05) is 0 Å². The van der Waals surface area contributed by atoms with Crippen LogP contribution in [0.4, 0.5) is 26.3 Å². The van der Waals surface area contributed by atoms with E-state index in [9.17, 15) is 26.3 Å². The molecule has 22 heavy (non-hydrogen) atoms. The molecule has 0 nitrogen and oxygen atoms in total. The molecule has 2 aromatic carbocycles.